The third-order valence-corrected chi connectivity index (χ3v) is 7.49. The minimum Gasteiger partial charge on any atom is -0.389 e. The number of nitrogens with zero attached hydrogens (tertiary/aromatic N) is 7. The molecule has 11 nitrogen and oxygen atoms in total. The van der Waals surface area contributed by atoms with Gasteiger partial charge in [-0.05, 0) is 73.4 Å². The van der Waals surface area contributed by atoms with Crippen LogP contribution in [0.25, 0.3) is 22.5 Å². The van der Waals surface area contributed by atoms with Gasteiger partial charge in [0, 0.05) is 41.0 Å². The summed E-state index contributed by atoms with van der Waals surface area (Å²) in [5.74, 6) is -1.78. The minimum absolute atomic E-state index is 0.0412. The lowest BCUT2D eigenvalue weighted by Gasteiger charge is -2.33. The Hall–Kier alpha value is -4.23. The summed E-state index contributed by atoms with van der Waals surface area (Å²) in [5, 5.41) is 24.6. The Balaban J connectivity index is 1.28. The van der Waals surface area contributed by atoms with Crippen molar-refractivity contribution >= 4 is 28.9 Å². The molecule has 212 valence electrons. The van der Waals surface area contributed by atoms with Crippen molar-refractivity contribution in [3.63, 3.8) is 0 Å². The molecule has 3 N–H and O–H groups in total. The molecule has 1 fully saturated rings. The molecule has 14 heteroatoms. The second-order valence-corrected chi connectivity index (χ2v) is 11.2. The van der Waals surface area contributed by atoms with Gasteiger partial charge < -0.3 is 20.3 Å². The number of nitrogens with one attached hydrogen (secondary N) is 2. The summed E-state index contributed by atoms with van der Waals surface area (Å²) in [6.07, 6.45) is 6.13. The molecule has 1 saturated heterocycles. The van der Waals surface area contributed by atoms with E-state index in [-0.39, 0.29) is 41.4 Å². The number of amides is 1. The van der Waals surface area contributed by atoms with Gasteiger partial charge in [-0.25, -0.2) is 14.4 Å². The fraction of sp³-hybridized carbons (Fsp3) is 0.333. The van der Waals surface area contributed by atoms with Gasteiger partial charge in [0.25, 0.3) is 0 Å². The van der Waals surface area contributed by atoms with E-state index in [9.17, 15) is 9.90 Å². The number of carbonyl (C=O) groups is 1. The molecule has 0 unspecified atom stereocenters. The fourth-order valence-electron chi connectivity index (χ4n) is 5.41. The molecule has 0 spiro atoms. The third-order valence-electron chi connectivity index (χ3n) is 7.25. The quantitative estimate of drug-likeness (QED) is 0.297. The summed E-state index contributed by atoms with van der Waals surface area (Å²) in [6.45, 7) is 3.18. The summed E-state index contributed by atoms with van der Waals surface area (Å²) in [4.78, 5) is 26.1. The lowest BCUT2D eigenvalue weighted by Crippen LogP contribution is -2.39. The van der Waals surface area contributed by atoms with Gasteiger partial charge in [0.2, 0.25) is 11.9 Å². The number of anilines is 1. The van der Waals surface area contributed by atoms with Crippen molar-refractivity contribution in [2.45, 2.75) is 50.8 Å². The number of fused-ring (bicyclic) bond motifs is 1. The summed E-state index contributed by atoms with van der Waals surface area (Å²) in [7, 11) is 0. The minimum atomic E-state index is -1.10. The first-order valence-corrected chi connectivity index (χ1v) is 13.4. The van der Waals surface area contributed by atoms with Gasteiger partial charge >= 0.3 is 0 Å². The predicted molar refractivity (Wildman–Crippen MR) is 146 cm³/mol. The largest absolute Gasteiger partial charge is 0.389 e. The van der Waals surface area contributed by atoms with Crippen LogP contribution in [-0.4, -0.2) is 69.3 Å². The zero-order valence-electron chi connectivity index (χ0n) is 22.1. The Labute approximate surface area is 238 Å². The number of hydrogen-bond donors (Lipinski definition) is 3. The van der Waals surface area contributed by atoms with Gasteiger partial charge in [-0.1, -0.05) is 11.6 Å². The van der Waals surface area contributed by atoms with Crippen LogP contribution in [0.2, 0.25) is 5.02 Å². The Bertz CT molecular complexity index is 1650. The molecule has 4 aromatic rings. The molecular formula is C27H26ClF2N9O2. The first-order valence-electron chi connectivity index (χ1n) is 13.0. The summed E-state index contributed by atoms with van der Waals surface area (Å²) in [5.41, 5.74) is 0.922. The molecular weight excluding hydrogens is 556 g/mol. The maximum Gasteiger partial charge on any atom is 0.247 e. The van der Waals surface area contributed by atoms with E-state index in [1.54, 1.807) is 43.0 Å². The van der Waals surface area contributed by atoms with Gasteiger partial charge in [0.15, 0.2) is 11.6 Å². The Morgan fingerprint density at radius 3 is 2.80 bits per heavy atom. The third kappa shape index (κ3) is 5.18. The molecule has 0 saturated carbocycles. The number of benzene rings is 1. The predicted octanol–water partition coefficient (Wildman–Crippen LogP) is 4.08. The van der Waals surface area contributed by atoms with E-state index in [0.29, 0.717) is 30.0 Å². The second-order valence-electron chi connectivity index (χ2n) is 10.8. The van der Waals surface area contributed by atoms with Gasteiger partial charge in [0.05, 0.1) is 17.3 Å². The summed E-state index contributed by atoms with van der Waals surface area (Å²) >= 11 is 6.30. The number of hydrogen-bond acceptors (Lipinski definition) is 8. The van der Waals surface area contributed by atoms with Crippen LogP contribution in [0, 0.1) is 11.8 Å². The number of aliphatic hydroxyl groups is 1. The van der Waals surface area contributed by atoms with Gasteiger partial charge in [-0.3, -0.25) is 4.79 Å². The maximum absolute atomic E-state index is 15.3. The number of imidazole rings is 1. The molecule has 1 amide bonds. The second kappa shape index (κ2) is 10.3. The summed E-state index contributed by atoms with van der Waals surface area (Å²) in [6, 6.07) is 5.98. The molecule has 0 aliphatic carbocycles. The van der Waals surface area contributed by atoms with Crippen molar-refractivity contribution in [1.29, 1.82) is 0 Å². The Morgan fingerprint density at radius 2 is 2.05 bits per heavy atom. The number of tetrazole rings is 1. The molecule has 0 bridgehead atoms. The average molecular weight is 582 g/mol. The van der Waals surface area contributed by atoms with Crippen LogP contribution >= 0.6 is 11.6 Å². The normalized spacial score (nSPS) is 18.9. The molecule has 2 aliphatic heterocycles. The van der Waals surface area contributed by atoms with Crippen LogP contribution in [0.3, 0.4) is 0 Å². The molecule has 0 radical (unpaired) electrons. The highest BCUT2D eigenvalue weighted by molar-refractivity contribution is 6.30. The van der Waals surface area contributed by atoms with Crippen LogP contribution in [0.15, 0.2) is 42.9 Å². The molecule has 2 atom stereocenters. The number of aromatic nitrogens is 7. The smallest absolute Gasteiger partial charge is 0.247 e. The molecule has 41 heavy (non-hydrogen) atoms. The van der Waals surface area contributed by atoms with E-state index in [0.717, 1.165) is 11.1 Å². The Morgan fingerprint density at radius 1 is 1.22 bits per heavy atom. The molecule has 2 aliphatic rings. The van der Waals surface area contributed by atoms with Crippen molar-refractivity contribution in [3.05, 3.63) is 71.0 Å². The van der Waals surface area contributed by atoms with Gasteiger partial charge in [0.1, 0.15) is 17.8 Å². The highest BCUT2D eigenvalue weighted by atomic mass is 35.5. The van der Waals surface area contributed by atoms with Crippen molar-refractivity contribution in [2.24, 2.45) is 0 Å². The standard InChI is InChI=1S/C27H26ClF2N9O2/c1-27(2,41)12-32-26-22(29)17(7-8-31-26)23-24(30)35-25(34-23)20-6-4-16-9-14(10-21(40)39(16)20)18-11-15(28)3-5-19(18)38-13-33-36-37-38/h3,5,7-8,10-11,13,16,20,41H,4,6,9,12H2,1-2H3,(H,31,32)(H,34,35)/t16-,20+/m1/s1. The molecule has 1 aromatic carbocycles. The number of halogens is 3. The number of H-pyrrole nitrogens is 1. The molecule has 5 heterocycles. The van der Waals surface area contributed by atoms with E-state index in [4.69, 9.17) is 11.6 Å². The monoisotopic (exact) mass is 581 g/mol. The fourth-order valence-corrected chi connectivity index (χ4v) is 5.58. The van der Waals surface area contributed by atoms with Gasteiger partial charge in [-0.15, -0.1) is 5.10 Å². The van der Waals surface area contributed by atoms with Crippen LogP contribution in [0.1, 0.15) is 50.5 Å². The first kappa shape index (κ1) is 27.0. The van der Waals surface area contributed by atoms with Crippen molar-refractivity contribution < 1.29 is 18.7 Å². The number of carbonyl (C=O) groups excluding carboxylic acids is 1. The maximum atomic E-state index is 15.3. The number of aromatic amines is 1. The van der Waals surface area contributed by atoms with E-state index in [1.165, 1.54) is 23.3 Å². The highest BCUT2D eigenvalue weighted by Gasteiger charge is 2.42. The lowest BCUT2D eigenvalue weighted by molar-refractivity contribution is -0.129. The zero-order valence-corrected chi connectivity index (χ0v) is 22.9. The first-order chi connectivity index (χ1) is 19.6. The number of pyridine rings is 1. The topological polar surface area (TPSA) is 138 Å². The number of rotatable bonds is 7. The lowest BCUT2D eigenvalue weighted by atomic mass is 9.92. The average Bonchev–Trinajstić information content (AvgIpc) is 3.68. The molecule has 6 rings (SSSR count). The van der Waals surface area contributed by atoms with Gasteiger partial charge in [-0.2, -0.15) is 9.07 Å². The zero-order chi connectivity index (χ0) is 28.9. The van der Waals surface area contributed by atoms with Crippen molar-refractivity contribution in [2.75, 3.05) is 11.9 Å². The van der Waals surface area contributed by atoms with Crippen LogP contribution in [0.4, 0.5) is 14.6 Å². The van der Waals surface area contributed by atoms with E-state index in [2.05, 4.69) is 35.8 Å². The highest BCUT2D eigenvalue weighted by Crippen LogP contribution is 2.43. The van der Waals surface area contributed by atoms with Crippen LogP contribution < -0.4 is 5.32 Å². The van der Waals surface area contributed by atoms with E-state index >= 15 is 8.78 Å². The van der Waals surface area contributed by atoms with Crippen molar-refractivity contribution in [3.8, 4) is 16.9 Å². The summed E-state index contributed by atoms with van der Waals surface area (Å²) < 4.78 is 31.9. The SMILES string of the molecule is CC(C)(O)CNc1nccc(-c2[nH]c([C@@H]3CC[C@@H]4CC(c5cc(Cl)ccc5-n5cnnn5)=CC(=O)N43)nc2F)c1F. The molecule has 3 aromatic heterocycles. The van der Waals surface area contributed by atoms with Crippen molar-refractivity contribution in [1.82, 2.24) is 40.1 Å². The van der Waals surface area contributed by atoms with Crippen LogP contribution in [0.5, 0.6) is 0 Å². The van der Waals surface area contributed by atoms with E-state index < -0.39 is 23.4 Å². The Kier molecular flexibility index (Phi) is 6.78. The van der Waals surface area contributed by atoms with Crippen LogP contribution in [-0.2, 0) is 4.79 Å². The van der Waals surface area contributed by atoms with E-state index in [1.807, 2.05) is 0 Å².